The molecule has 40 heavy (non-hydrogen) atoms. The molecule has 5 rings (SSSR count). The molecule has 1 saturated heterocycles. The minimum Gasteiger partial charge on any atom is -0.439 e. The van der Waals surface area contributed by atoms with Crippen LogP contribution in [0, 0.1) is 13.8 Å². The second-order valence-corrected chi connectivity index (χ2v) is 12.0. The Morgan fingerprint density at radius 1 is 1.07 bits per heavy atom. The van der Waals surface area contributed by atoms with Crippen LogP contribution < -0.4 is 4.90 Å². The lowest BCUT2D eigenvalue weighted by Gasteiger charge is -2.36. The van der Waals surface area contributed by atoms with Crippen LogP contribution in [0.5, 0.6) is 0 Å². The quantitative estimate of drug-likeness (QED) is 0.285. The van der Waals surface area contributed by atoms with Crippen LogP contribution in [0.2, 0.25) is 0 Å². The maximum Gasteiger partial charge on any atom is 0.416 e. The zero-order valence-corrected chi connectivity index (χ0v) is 24.2. The number of hydrogen-bond acceptors (Lipinski definition) is 5. The summed E-state index contributed by atoms with van der Waals surface area (Å²) >= 11 is 1.65. The van der Waals surface area contributed by atoms with Gasteiger partial charge in [0.05, 0.1) is 18.2 Å². The first kappa shape index (κ1) is 28.5. The average molecular weight is 572 g/mol. The van der Waals surface area contributed by atoms with Gasteiger partial charge in [0.15, 0.2) is 0 Å². The third-order valence-electron chi connectivity index (χ3n) is 8.07. The summed E-state index contributed by atoms with van der Waals surface area (Å²) in [6.45, 7) is 8.71. The standard InChI is InChI=1S/C31H36F3N3O2S/c1-5-36(26-9-7-6-8-10-26)29-24(14-23(16-35-29)27-13-20(3)18-40-27)17-37-21(4)28(39-30(37)38)22-11-19(2)12-25(15-22)31(32,33)34/h11-16,18,21,26,28H,5-10,17H2,1-4H3/t21-,28-/m0/s1. The fourth-order valence-corrected chi connectivity index (χ4v) is 6.94. The summed E-state index contributed by atoms with van der Waals surface area (Å²) in [6, 6.07) is 8.05. The number of nitrogens with zero attached hydrogens (tertiary/aromatic N) is 3. The van der Waals surface area contributed by atoms with Gasteiger partial charge in [-0.25, -0.2) is 9.78 Å². The molecule has 2 atom stereocenters. The number of carbonyl (C=O) groups is 1. The number of carbonyl (C=O) groups excluding carboxylic acids is 1. The molecule has 0 N–H and O–H groups in total. The Labute approximate surface area is 238 Å². The van der Waals surface area contributed by atoms with Crippen LogP contribution >= 0.6 is 11.3 Å². The molecule has 2 aliphatic rings. The highest BCUT2D eigenvalue weighted by Gasteiger charge is 2.41. The molecule has 1 aliphatic heterocycles. The molecule has 5 nitrogen and oxygen atoms in total. The van der Waals surface area contributed by atoms with Gasteiger partial charge in [0.2, 0.25) is 0 Å². The zero-order valence-electron chi connectivity index (χ0n) is 23.4. The summed E-state index contributed by atoms with van der Waals surface area (Å²) in [4.78, 5) is 23.2. The third kappa shape index (κ3) is 5.85. The van der Waals surface area contributed by atoms with E-state index in [2.05, 4.69) is 36.3 Å². The molecule has 0 radical (unpaired) electrons. The second kappa shape index (κ2) is 11.4. The number of aromatic nitrogens is 1. The van der Waals surface area contributed by atoms with Crippen molar-refractivity contribution in [2.75, 3.05) is 11.4 Å². The molecule has 9 heteroatoms. The Hall–Kier alpha value is -3.07. The van der Waals surface area contributed by atoms with Gasteiger partial charge in [0.25, 0.3) is 0 Å². The number of anilines is 1. The molecular formula is C31H36F3N3O2S. The number of halogens is 3. The number of benzene rings is 1. The summed E-state index contributed by atoms with van der Waals surface area (Å²) in [6.07, 6.45) is 1.96. The van der Waals surface area contributed by atoms with Crippen molar-refractivity contribution >= 4 is 23.2 Å². The van der Waals surface area contributed by atoms with Gasteiger partial charge in [-0.15, -0.1) is 11.3 Å². The van der Waals surface area contributed by atoms with Gasteiger partial charge in [-0.1, -0.05) is 30.9 Å². The van der Waals surface area contributed by atoms with Gasteiger partial charge >= 0.3 is 12.3 Å². The summed E-state index contributed by atoms with van der Waals surface area (Å²) < 4.78 is 46.3. The molecule has 214 valence electrons. The Morgan fingerprint density at radius 3 is 2.48 bits per heavy atom. The van der Waals surface area contributed by atoms with Crippen molar-refractivity contribution in [3.8, 4) is 10.4 Å². The highest BCUT2D eigenvalue weighted by Crippen LogP contribution is 2.39. The smallest absolute Gasteiger partial charge is 0.416 e. The first-order valence-electron chi connectivity index (χ1n) is 14.0. The molecule has 1 saturated carbocycles. The van der Waals surface area contributed by atoms with Crippen molar-refractivity contribution in [2.45, 2.75) is 90.7 Å². The number of amides is 1. The highest BCUT2D eigenvalue weighted by atomic mass is 32.1. The summed E-state index contributed by atoms with van der Waals surface area (Å²) in [5.74, 6) is 0.866. The Balaban J connectivity index is 1.49. The van der Waals surface area contributed by atoms with E-state index in [1.54, 1.807) is 29.2 Å². The molecule has 1 aromatic carbocycles. The van der Waals surface area contributed by atoms with Crippen molar-refractivity contribution in [2.24, 2.45) is 0 Å². The summed E-state index contributed by atoms with van der Waals surface area (Å²) in [5.41, 5.74) is 3.18. The van der Waals surface area contributed by atoms with Gasteiger partial charge < -0.3 is 9.64 Å². The van der Waals surface area contributed by atoms with Crippen LogP contribution in [0.1, 0.15) is 79.9 Å². The number of hydrogen-bond donors (Lipinski definition) is 0. The van der Waals surface area contributed by atoms with Crippen molar-refractivity contribution in [3.63, 3.8) is 0 Å². The van der Waals surface area contributed by atoms with Gasteiger partial charge in [0.1, 0.15) is 11.9 Å². The predicted molar refractivity (Wildman–Crippen MR) is 153 cm³/mol. The molecule has 0 unspecified atom stereocenters. The number of aryl methyl sites for hydroxylation is 2. The number of ether oxygens (including phenoxy) is 1. The van der Waals surface area contributed by atoms with Crippen molar-refractivity contribution in [3.05, 3.63) is 69.7 Å². The number of cyclic esters (lactones) is 1. The molecule has 3 heterocycles. The largest absolute Gasteiger partial charge is 0.439 e. The Morgan fingerprint density at radius 2 is 1.82 bits per heavy atom. The van der Waals surface area contributed by atoms with Gasteiger partial charge in [-0.3, -0.25) is 4.90 Å². The monoisotopic (exact) mass is 571 g/mol. The Kier molecular flexibility index (Phi) is 8.13. The van der Waals surface area contributed by atoms with E-state index < -0.39 is 30.0 Å². The number of alkyl halides is 3. The first-order chi connectivity index (χ1) is 19.0. The molecule has 2 aromatic heterocycles. The Bertz CT molecular complexity index is 1370. The molecule has 0 spiro atoms. The van der Waals surface area contributed by atoms with E-state index in [0.29, 0.717) is 17.2 Å². The summed E-state index contributed by atoms with van der Waals surface area (Å²) in [5, 5.41) is 2.10. The topological polar surface area (TPSA) is 45.7 Å². The van der Waals surface area contributed by atoms with E-state index in [-0.39, 0.29) is 6.54 Å². The van der Waals surface area contributed by atoms with Crippen LogP contribution in [0.3, 0.4) is 0 Å². The van der Waals surface area contributed by atoms with E-state index in [4.69, 9.17) is 9.72 Å². The van der Waals surface area contributed by atoms with Gasteiger partial charge in [0, 0.05) is 34.8 Å². The lowest BCUT2D eigenvalue weighted by atomic mass is 9.93. The van der Waals surface area contributed by atoms with Crippen molar-refractivity contribution < 1.29 is 22.7 Å². The van der Waals surface area contributed by atoms with Crippen LogP contribution in [-0.4, -0.2) is 34.6 Å². The second-order valence-electron chi connectivity index (χ2n) is 11.1. The van der Waals surface area contributed by atoms with Gasteiger partial charge in [-0.2, -0.15) is 13.2 Å². The number of thiophene rings is 1. The fraction of sp³-hybridized carbons (Fsp3) is 0.484. The zero-order chi connectivity index (χ0) is 28.6. The summed E-state index contributed by atoms with van der Waals surface area (Å²) in [7, 11) is 0. The normalized spacial score (nSPS) is 20.2. The first-order valence-corrected chi connectivity index (χ1v) is 14.9. The number of pyridine rings is 1. The molecule has 0 bridgehead atoms. The van der Waals surface area contributed by atoms with Crippen LogP contribution in [-0.2, 0) is 17.5 Å². The van der Waals surface area contributed by atoms with Crippen molar-refractivity contribution in [1.82, 2.24) is 9.88 Å². The number of rotatable bonds is 7. The molecule has 1 amide bonds. The van der Waals surface area contributed by atoms with E-state index in [0.717, 1.165) is 53.3 Å². The minimum absolute atomic E-state index is 0.262. The van der Waals surface area contributed by atoms with Crippen LogP contribution in [0.15, 0.2) is 41.9 Å². The average Bonchev–Trinajstić information content (AvgIpc) is 3.48. The molecule has 2 fully saturated rings. The lowest BCUT2D eigenvalue weighted by Crippen LogP contribution is -2.39. The third-order valence-corrected chi connectivity index (χ3v) is 9.17. The van der Waals surface area contributed by atoms with Gasteiger partial charge in [-0.05, 0) is 81.3 Å². The minimum atomic E-state index is -4.48. The molecular weight excluding hydrogens is 535 g/mol. The SMILES string of the molecule is CCN(c1ncc(-c2cc(C)cs2)cc1CN1C(=O)O[C@H](c2cc(C)cc(C(F)(F)F)c2)[C@@H]1C)C1CCCCC1. The van der Waals surface area contributed by atoms with E-state index in [9.17, 15) is 18.0 Å². The lowest BCUT2D eigenvalue weighted by molar-refractivity contribution is -0.137. The fourth-order valence-electron chi connectivity index (χ4n) is 6.05. The maximum atomic E-state index is 13.5. The van der Waals surface area contributed by atoms with Crippen molar-refractivity contribution in [1.29, 1.82) is 0 Å². The maximum absolute atomic E-state index is 13.5. The van der Waals surface area contributed by atoms with E-state index in [1.165, 1.54) is 24.8 Å². The van der Waals surface area contributed by atoms with E-state index >= 15 is 0 Å². The highest BCUT2D eigenvalue weighted by molar-refractivity contribution is 7.13. The molecule has 3 aromatic rings. The predicted octanol–water partition coefficient (Wildman–Crippen LogP) is 8.69. The van der Waals surface area contributed by atoms with E-state index in [1.807, 2.05) is 13.1 Å². The van der Waals surface area contributed by atoms with Crippen LogP contribution in [0.4, 0.5) is 23.8 Å². The molecule has 1 aliphatic carbocycles. The van der Waals surface area contributed by atoms with Crippen LogP contribution in [0.25, 0.3) is 10.4 Å².